The highest BCUT2D eigenvalue weighted by Crippen LogP contribution is 2.30. The zero-order valence-corrected chi connectivity index (χ0v) is 11.4. The van der Waals surface area contributed by atoms with Crippen LogP contribution in [0, 0.1) is 22.0 Å². The molecule has 0 radical (unpaired) electrons. The van der Waals surface area contributed by atoms with Crippen LogP contribution < -0.4 is 4.90 Å². The molecule has 1 aromatic rings. The summed E-state index contributed by atoms with van der Waals surface area (Å²) in [6.07, 6.45) is 1.13. The molecule has 5 heteroatoms. The zero-order chi connectivity index (χ0) is 14.0. The van der Waals surface area contributed by atoms with Crippen LogP contribution in [-0.2, 0) is 6.61 Å². The monoisotopic (exact) mass is 264 g/mol. The van der Waals surface area contributed by atoms with Gasteiger partial charge in [0.2, 0.25) is 0 Å². The van der Waals surface area contributed by atoms with Crippen molar-refractivity contribution in [2.75, 3.05) is 18.0 Å². The Hall–Kier alpha value is -1.62. The highest BCUT2D eigenvalue weighted by Gasteiger charge is 2.24. The van der Waals surface area contributed by atoms with Crippen molar-refractivity contribution in [1.82, 2.24) is 0 Å². The molecule has 1 aliphatic heterocycles. The van der Waals surface area contributed by atoms with Gasteiger partial charge in [-0.1, -0.05) is 13.8 Å². The van der Waals surface area contributed by atoms with Crippen molar-refractivity contribution < 1.29 is 10.0 Å². The molecule has 1 N–H and O–H groups in total. The highest BCUT2D eigenvalue weighted by atomic mass is 16.6. The smallest absolute Gasteiger partial charge is 0.275 e. The molecular weight excluding hydrogens is 244 g/mol. The molecule has 19 heavy (non-hydrogen) atoms. The third kappa shape index (κ3) is 2.87. The lowest BCUT2D eigenvalue weighted by molar-refractivity contribution is -0.385. The molecule has 0 aromatic heterocycles. The largest absolute Gasteiger partial charge is 0.391 e. The number of aliphatic hydroxyl groups excluding tert-OH is 1. The molecule has 1 saturated heterocycles. The van der Waals surface area contributed by atoms with Gasteiger partial charge in [-0.15, -0.1) is 0 Å². The Kier molecular flexibility index (Phi) is 4.04. The Morgan fingerprint density at radius 3 is 2.74 bits per heavy atom. The molecule has 2 atom stereocenters. The number of hydrogen-bond donors (Lipinski definition) is 1. The van der Waals surface area contributed by atoms with Gasteiger partial charge in [0.15, 0.2) is 0 Å². The van der Waals surface area contributed by atoms with Crippen LogP contribution in [0.15, 0.2) is 18.2 Å². The minimum Gasteiger partial charge on any atom is -0.391 e. The number of nitro benzene ring substituents is 1. The van der Waals surface area contributed by atoms with Gasteiger partial charge in [-0.3, -0.25) is 10.1 Å². The Balaban J connectivity index is 2.24. The molecule has 5 nitrogen and oxygen atoms in total. The summed E-state index contributed by atoms with van der Waals surface area (Å²) >= 11 is 0. The summed E-state index contributed by atoms with van der Waals surface area (Å²) in [7, 11) is 0. The maximum absolute atomic E-state index is 10.8. The molecule has 1 aliphatic rings. The van der Waals surface area contributed by atoms with Crippen molar-refractivity contribution in [3.8, 4) is 0 Å². The predicted molar refractivity (Wildman–Crippen MR) is 74.2 cm³/mol. The summed E-state index contributed by atoms with van der Waals surface area (Å²) in [5, 5.41) is 20.1. The zero-order valence-electron chi connectivity index (χ0n) is 11.4. The van der Waals surface area contributed by atoms with E-state index in [4.69, 9.17) is 0 Å². The van der Waals surface area contributed by atoms with E-state index in [1.165, 1.54) is 6.07 Å². The van der Waals surface area contributed by atoms with E-state index in [9.17, 15) is 15.2 Å². The third-order valence-electron chi connectivity index (χ3n) is 4.13. The molecule has 2 unspecified atom stereocenters. The first-order valence-corrected chi connectivity index (χ1v) is 6.66. The van der Waals surface area contributed by atoms with E-state index in [0.717, 1.165) is 25.2 Å². The second-order valence-corrected chi connectivity index (χ2v) is 5.42. The number of piperidine rings is 1. The number of aliphatic hydroxyl groups is 1. The summed E-state index contributed by atoms with van der Waals surface area (Å²) in [6, 6.07) is 5.00. The summed E-state index contributed by atoms with van der Waals surface area (Å²) in [5.74, 6) is 1.33. The van der Waals surface area contributed by atoms with Gasteiger partial charge in [0.05, 0.1) is 17.1 Å². The van der Waals surface area contributed by atoms with Crippen LogP contribution in [0.4, 0.5) is 11.4 Å². The Bertz CT molecular complexity index is 476. The molecule has 1 fully saturated rings. The van der Waals surface area contributed by atoms with Crippen LogP contribution in [0.3, 0.4) is 0 Å². The lowest BCUT2D eigenvalue weighted by Crippen LogP contribution is -2.38. The molecule has 1 heterocycles. The van der Waals surface area contributed by atoms with Crippen molar-refractivity contribution in [3.05, 3.63) is 33.9 Å². The standard InChI is InChI=1S/C14H20N2O3/c1-10-5-6-15(8-11(10)2)13-3-4-14(16(18)19)12(7-13)9-17/h3-4,7,10-11,17H,5-6,8-9H2,1-2H3. The topological polar surface area (TPSA) is 66.6 Å². The van der Waals surface area contributed by atoms with E-state index in [1.54, 1.807) is 12.1 Å². The fraction of sp³-hybridized carbons (Fsp3) is 0.571. The third-order valence-corrected chi connectivity index (χ3v) is 4.13. The van der Waals surface area contributed by atoms with Gasteiger partial charge in [-0.25, -0.2) is 0 Å². The molecular formula is C14H20N2O3. The van der Waals surface area contributed by atoms with Crippen LogP contribution in [0.2, 0.25) is 0 Å². The van der Waals surface area contributed by atoms with Crippen LogP contribution >= 0.6 is 0 Å². The summed E-state index contributed by atoms with van der Waals surface area (Å²) < 4.78 is 0. The summed E-state index contributed by atoms with van der Waals surface area (Å²) in [5.41, 5.74) is 1.34. The van der Waals surface area contributed by atoms with E-state index in [-0.39, 0.29) is 12.3 Å². The van der Waals surface area contributed by atoms with Crippen molar-refractivity contribution >= 4 is 11.4 Å². The maximum atomic E-state index is 10.8. The normalized spacial score (nSPS) is 23.4. The van der Waals surface area contributed by atoms with E-state index < -0.39 is 4.92 Å². The molecule has 0 amide bonds. The average Bonchev–Trinajstić information content (AvgIpc) is 2.41. The molecule has 0 aliphatic carbocycles. The molecule has 0 bridgehead atoms. The van der Waals surface area contributed by atoms with Gasteiger partial charge in [-0.05, 0) is 30.4 Å². The van der Waals surface area contributed by atoms with Crippen molar-refractivity contribution in [3.63, 3.8) is 0 Å². The minimum absolute atomic E-state index is 0.00956. The van der Waals surface area contributed by atoms with Crippen molar-refractivity contribution in [2.45, 2.75) is 26.9 Å². The molecule has 2 rings (SSSR count). The van der Waals surface area contributed by atoms with Crippen LogP contribution in [0.5, 0.6) is 0 Å². The minimum atomic E-state index is -0.448. The maximum Gasteiger partial charge on any atom is 0.275 e. The van der Waals surface area contributed by atoms with Gasteiger partial charge in [0.25, 0.3) is 5.69 Å². The molecule has 1 aromatic carbocycles. The average molecular weight is 264 g/mol. The first-order valence-electron chi connectivity index (χ1n) is 6.66. The molecule has 104 valence electrons. The number of rotatable bonds is 3. The quantitative estimate of drug-likeness (QED) is 0.673. The van der Waals surface area contributed by atoms with Crippen LogP contribution in [0.1, 0.15) is 25.8 Å². The van der Waals surface area contributed by atoms with Gasteiger partial charge >= 0.3 is 0 Å². The molecule has 0 spiro atoms. The van der Waals surface area contributed by atoms with E-state index in [1.807, 2.05) is 0 Å². The summed E-state index contributed by atoms with van der Waals surface area (Å²) in [4.78, 5) is 12.6. The second kappa shape index (κ2) is 5.57. The number of benzene rings is 1. The highest BCUT2D eigenvalue weighted by molar-refractivity contribution is 5.55. The van der Waals surface area contributed by atoms with E-state index in [0.29, 0.717) is 17.4 Å². The lowest BCUT2D eigenvalue weighted by atomic mass is 9.88. The number of nitro groups is 1. The Labute approximate surface area is 113 Å². The van der Waals surface area contributed by atoms with Crippen LogP contribution in [0.25, 0.3) is 0 Å². The van der Waals surface area contributed by atoms with Gasteiger partial charge in [0, 0.05) is 24.8 Å². The second-order valence-electron chi connectivity index (χ2n) is 5.42. The van der Waals surface area contributed by atoms with E-state index >= 15 is 0 Å². The fourth-order valence-corrected chi connectivity index (χ4v) is 2.57. The summed E-state index contributed by atoms with van der Waals surface area (Å²) in [6.45, 7) is 6.12. The number of anilines is 1. The van der Waals surface area contributed by atoms with Gasteiger partial charge in [-0.2, -0.15) is 0 Å². The van der Waals surface area contributed by atoms with Gasteiger partial charge < -0.3 is 10.0 Å². The number of nitrogens with zero attached hydrogens (tertiary/aromatic N) is 2. The van der Waals surface area contributed by atoms with Crippen molar-refractivity contribution in [2.24, 2.45) is 11.8 Å². The Morgan fingerprint density at radius 1 is 1.42 bits per heavy atom. The number of hydrogen-bond acceptors (Lipinski definition) is 4. The van der Waals surface area contributed by atoms with Gasteiger partial charge in [0.1, 0.15) is 0 Å². The SMILES string of the molecule is CC1CCN(c2ccc([N+](=O)[O-])c(CO)c2)CC1C. The first kappa shape index (κ1) is 13.8. The van der Waals surface area contributed by atoms with Crippen LogP contribution in [-0.4, -0.2) is 23.1 Å². The molecule has 0 saturated carbocycles. The fourth-order valence-electron chi connectivity index (χ4n) is 2.57. The van der Waals surface area contributed by atoms with Crippen molar-refractivity contribution in [1.29, 1.82) is 0 Å². The van der Waals surface area contributed by atoms with E-state index in [2.05, 4.69) is 18.7 Å². The predicted octanol–water partition coefficient (Wildman–Crippen LogP) is 2.57. The Morgan fingerprint density at radius 2 is 2.16 bits per heavy atom. The lowest BCUT2D eigenvalue weighted by Gasteiger charge is -2.37. The first-order chi connectivity index (χ1) is 9.02.